The van der Waals surface area contributed by atoms with E-state index in [0.29, 0.717) is 12.8 Å². The number of carbonyl (C=O) groups excluding carboxylic acids is 2. The van der Waals surface area contributed by atoms with Crippen molar-refractivity contribution in [2.24, 2.45) is 0 Å². The Hall–Kier alpha value is -2.79. The smallest absolute Gasteiger partial charge is 0.364 e. The van der Waals surface area contributed by atoms with E-state index in [0.717, 1.165) is 51.9 Å². The van der Waals surface area contributed by atoms with Crippen molar-refractivity contribution in [2.75, 3.05) is 26.4 Å². The van der Waals surface area contributed by atoms with E-state index in [-0.39, 0.29) is 12.3 Å². The number of hydrogen-bond acceptors (Lipinski definition) is 20. The first kappa shape index (κ1) is 91.4. The highest BCUT2D eigenvalue weighted by atomic mass is 16.8. The summed E-state index contributed by atoms with van der Waals surface area (Å²) in [6, 6.07) is -2.62. The molecular formula is C77H142N2O21. The summed E-state index contributed by atoms with van der Waals surface area (Å²) in [6.07, 6.45) is 32.7. The van der Waals surface area contributed by atoms with E-state index in [9.17, 15) is 75.7 Å². The zero-order valence-electron chi connectivity index (χ0n) is 61.8. The van der Waals surface area contributed by atoms with Gasteiger partial charge in [0.25, 0.3) is 5.79 Å². The molecule has 0 saturated carbocycles. The van der Waals surface area contributed by atoms with Crippen molar-refractivity contribution in [1.82, 2.24) is 10.6 Å². The van der Waals surface area contributed by atoms with Gasteiger partial charge in [-0.2, -0.15) is 0 Å². The van der Waals surface area contributed by atoms with Crippen LogP contribution >= 0.6 is 0 Å². The Bertz CT molecular complexity index is 2100. The number of carboxylic acid groups (broad SMARTS) is 1. The lowest BCUT2D eigenvalue weighted by Crippen LogP contribution is -2.70. The van der Waals surface area contributed by atoms with Gasteiger partial charge in [0, 0.05) is 19.8 Å². The number of amides is 2. The number of nitrogens with one attached hydrogen (secondary N) is 2. The third kappa shape index (κ3) is 37.0. The second kappa shape index (κ2) is 56.5. The summed E-state index contributed by atoms with van der Waals surface area (Å²) >= 11 is 0. The summed E-state index contributed by atoms with van der Waals surface area (Å²) in [5.74, 6) is -6.14. The third-order valence-corrected chi connectivity index (χ3v) is 20.1. The number of carbonyl (C=O) groups is 3. The maximum absolute atomic E-state index is 13.5. The van der Waals surface area contributed by atoms with Crippen LogP contribution in [0.1, 0.15) is 310 Å². The number of aliphatic hydroxyl groups is 11. The van der Waals surface area contributed by atoms with Crippen molar-refractivity contribution in [3.05, 3.63) is 24.3 Å². The molecule has 3 rings (SSSR count). The van der Waals surface area contributed by atoms with E-state index in [4.69, 9.17) is 28.4 Å². The van der Waals surface area contributed by atoms with Gasteiger partial charge in [-0.1, -0.05) is 269 Å². The average molecular weight is 1430 g/mol. The highest BCUT2D eigenvalue weighted by Crippen LogP contribution is 2.39. The van der Waals surface area contributed by atoms with Gasteiger partial charge in [0.2, 0.25) is 11.8 Å². The van der Waals surface area contributed by atoms with E-state index in [2.05, 4.69) is 36.6 Å². The summed E-state index contributed by atoms with van der Waals surface area (Å²) in [6.45, 7) is 2.14. The van der Waals surface area contributed by atoms with E-state index in [1.54, 1.807) is 6.08 Å². The zero-order valence-corrected chi connectivity index (χ0v) is 61.8. The van der Waals surface area contributed by atoms with Gasteiger partial charge in [-0.05, 0) is 44.9 Å². The van der Waals surface area contributed by atoms with Gasteiger partial charge in [0.05, 0.1) is 50.7 Å². The minimum Gasteiger partial charge on any atom is -0.477 e. The first-order valence-corrected chi connectivity index (χ1v) is 39.7. The van der Waals surface area contributed by atoms with Crippen LogP contribution in [0.2, 0.25) is 0 Å². The number of carboxylic acids is 1. The molecule has 3 aliphatic heterocycles. The molecule has 3 saturated heterocycles. The molecule has 0 bridgehead atoms. The van der Waals surface area contributed by atoms with E-state index < -0.39 is 155 Å². The van der Waals surface area contributed by atoms with Crippen LogP contribution in [-0.4, -0.2) is 215 Å². The Morgan fingerprint density at radius 2 is 0.940 bits per heavy atom. The van der Waals surface area contributed by atoms with Crippen molar-refractivity contribution in [3.63, 3.8) is 0 Å². The maximum atomic E-state index is 13.5. The Balaban J connectivity index is 1.42. The Morgan fingerprint density at radius 3 is 1.36 bits per heavy atom. The third-order valence-electron chi connectivity index (χ3n) is 20.1. The quantitative estimate of drug-likeness (QED) is 0.0199. The fraction of sp³-hybridized carbons (Fsp3) is 0.909. The standard InChI is InChI=1S/C77H142N2O21/c1-4-6-8-10-12-14-16-17-18-19-20-21-22-23-24-25-26-27-28-29-30-31-32-33-34-35-36-37-38-39-41-43-45-47-49-51-64(87)79-58(59(84)50-48-46-44-42-40-15-13-11-9-7-5-2)56-95-74-69(91)68(90)71(63(55-82)97-74)98-75-70(92)73(67(89)62(54-81)96-75)100-77(76(93)94)52-60(85)65(78-57(3)83)72(99-77)66(88)61(86)53-80/h25-26,48,50,58-63,65-75,80-82,84-86,88-92H,4-24,27-47,49,51-56H2,1-3H3,(H,78,83)(H,79,87)(H,93,94)/b26-25-,50-48+. The Kier molecular flexibility index (Phi) is 51.7. The van der Waals surface area contributed by atoms with Crippen molar-refractivity contribution in [3.8, 4) is 0 Å². The normalized spacial score (nSPS) is 27.0. The van der Waals surface area contributed by atoms with Crippen LogP contribution in [0.3, 0.4) is 0 Å². The van der Waals surface area contributed by atoms with Crippen LogP contribution in [0, 0.1) is 0 Å². The van der Waals surface area contributed by atoms with Gasteiger partial charge < -0.3 is 100 Å². The summed E-state index contributed by atoms with van der Waals surface area (Å²) in [7, 11) is 0. The van der Waals surface area contributed by atoms with E-state index in [1.807, 2.05) is 6.08 Å². The fourth-order valence-electron chi connectivity index (χ4n) is 13.8. The van der Waals surface area contributed by atoms with Gasteiger partial charge in [-0.3, -0.25) is 9.59 Å². The first-order chi connectivity index (χ1) is 48.4. The molecule has 0 aromatic carbocycles. The molecule has 23 nitrogen and oxygen atoms in total. The monoisotopic (exact) mass is 1430 g/mol. The highest BCUT2D eigenvalue weighted by Gasteiger charge is 2.60. The Morgan fingerprint density at radius 1 is 0.520 bits per heavy atom. The molecule has 18 atom stereocenters. The molecule has 14 N–H and O–H groups in total. The SMILES string of the molecule is CCCCCCCCCCC/C=C/C(O)C(COC1OC(CO)C(OC2OC(CO)C(O)C(OC3(C(=O)O)CC(O)C(NC(C)=O)C(C(O)C(O)CO)O3)C2O)C(O)C1O)NC(=O)CCCCCCCCCCCCCCCCCCC/C=C\CCCCCCCCCCCCCCCC. The largest absolute Gasteiger partial charge is 0.477 e. The van der Waals surface area contributed by atoms with Crippen molar-refractivity contribution in [1.29, 1.82) is 0 Å². The lowest BCUT2D eigenvalue weighted by atomic mass is 9.88. The van der Waals surface area contributed by atoms with Gasteiger partial charge in [-0.15, -0.1) is 0 Å². The number of aliphatic hydroxyl groups excluding tert-OH is 11. The molecule has 2 amide bonds. The summed E-state index contributed by atoms with van der Waals surface area (Å²) in [5, 5.41) is 136. The van der Waals surface area contributed by atoms with Crippen LogP contribution in [0.4, 0.5) is 0 Å². The van der Waals surface area contributed by atoms with Crippen molar-refractivity contribution >= 4 is 17.8 Å². The molecule has 0 radical (unpaired) electrons. The zero-order chi connectivity index (χ0) is 73.2. The number of hydrogen-bond donors (Lipinski definition) is 14. The predicted octanol–water partition coefficient (Wildman–Crippen LogP) is 9.96. The fourth-order valence-corrected chi connectivity index (χ4v) is 13.8. The highest BCUT2D eigenvalue weighted by molar-refractivity contribution is 5.77. The summed E-state index contributed by atoms with van der Waals surface area (Å²) in [5.41, 5.74) is 0. The molecule has 18 unspecified atom stereocenters. The van der Waals surface area contributed by atoms with Crippen LogP contribution in [0.5, 0.6) is 0 Å². The average Bonchev–Trinajstić information content (AvgIpc) is 0.757. The van der Waals surface area contributed by atoms with Gasteiger partial charge in [-0.25, -0.2) is 4.79 Å². The summed E-state index contributed by atoms with van der Waals surface area (Å²) < 4.78 is 34.8. The second-order valence-electron chi connectivity index (χ2n) is 28.9. The van der Waals surface area contributed by atoms with Crippen molar-refractivity contribution < 1.29 is 104 Å². The van der Waals surface area contributed by atoms with Crippen molar-refractivity contribution in [2.45, 2.75) is 420 Å². The topological polar surface area (TPSA) is 373 Å². The minimum atomic E-state index is -3.08. The lowest BCUT2D eigenvalue weighted by molar-refractivity contribution is -0.386. The van der Waals surface area contributed by atoms with Gasteiger partial charge in [0.15, 0.2) is 12.6 Å². The molecule has 3 aliphatic rings. The number of rotatable bonds is 62. The molecule has 0 aliphatic carbocycles. The number of aliphatic carboxylic acids is 1. The van der Waals surface area contributed by atoms with Crippen LogP contribution in [0.15, 0.2) is 24.3 Å². The second-order valence-corrected chi connectivity index (χ2v) is 28.9. The van der Waals surface area contributed by atoms with E-state index in [1.165, 1.54) is 218 Å². The summed E-state index contributed by atoms with van der Waals surface area (Å²) in [4.78, 5) is 38.6. The molecule has 3 fully saturated rings. The lowest BCUT2D eigenvalue weighted by Gasteiger charge is -2.50. The first-order valence-electron chi connectivity index (χ1n) is 39.7. The predicted molar refractivity (Wildman–Crippen MR) is 385 cm³/mol. The molecule has 23 heteroatoms. The number of allylic oxidation sites excluding steroid dienone is 3. The molecule has 100 heavy (non-hydrogen) atoms. The maximum Gasteiger partial charge on any atom is 0.364 e. The van der Waals surface area contributed by atoms with Crippen LogP contribution in [0.25, 0.3) is 0 Å². The molecular weight excluding hydrogens is 1290 g/mol. The molecule has 0 aromatic rings. The van der Waals surface area contributed by atoms with E-state index >= 15 is 0 Å². The van der Waals surface area contributed by atoms with Crippen LogP contribution in [-0.2, 0) is 42.8 Å². The number of ether oxygens (including phenoxy) is 6. The molecule has 3 heterocycles. The Labute approximate surface area is 600 Å². The molecule has 0 aromatic heterocycles. The molecule has 0 spiro atoms. The van der Waals surface area contributed by atoms with Gasteiger partial charge in [0.1, 0.15) is 67.1 Å². The molecule has 586 valence electrons. The minimum absolute atomic E-state index is 0.203. The van der Waals surface area contributed by atoms with Gasteiger partial charge >= 0.3 is 5.97 Å². The van der Waals surface area contributed by atoms with Crippen LogP contribution < -0.4 is 10.6 Å². The number of unbranched alkanes of at least 4 members (excludes halogenated alkanes) is 40.